The molecule has 5 nitrogen and oxygen atoms in total. The summed E-state index contributed by atoms with van der Waals surface area (Å²) < 4.78 is 4.86. The van der Waals surface area contributed by atoms with Gasteiger partial charge in [-0.15, -0.1) is 0 Å². The number of hydrogen-bond donors (Lipinski definition) is 1. The zero-order valence-corrected chi connectivity index (χ0v) is 11.0. The SMILES string of the molecule is O=C(O)C1CCC2CCCCC2N1Cc1cnoc1. The highest BCUT2D eigenvalue weighted by molar-refractivity contribution is 5.73. The largest absolute Gasteiger partial charge is 0.480 e. The van der Waals surface area contributed by atoms with E-state index in [9.17, 15) is 9.90 Å². The molecule has 3 rings (SSSR count). The number of rotatable bonds is 3. The van der Waals surface area contributed by atoms with Crippen molar-refractivity contribution in [2.45, 2.75) is 57.2 Å². The molecule has 5 heteroatoms. The van der Waals surface area contributed by atoms with Gasteiger partial charge in [0, 0.05) is 18.2 Å². The fourth-order valence-electron chi connectivity index (χ4n) is 3.74. The van der Waals surface area contributed by atoms with Crippen LogP contribution in [0.5, 0.6) is 0 Å². The second-order valence-corrected chi connectivity index (χ2v) is 5.75. The number of piperidine rings is 1. The Labute approximate surface area is 112 Å². The molecule has 19 heavy (non-hydrogen) atoms. The summed E-state index contributed by atoms with van der Waals surface area (Å²) in [7, 11) is 0. The summed E-state index contributed by atoms with van der Waals surface area (Å²) in [5.41, 5.74) is 0.970. The molecule has 1 aromatic heterocycles. The molecule has 3 atom stereocenters. The zero-order chi connectivity index (χ0) is 13.2. The van der Waals surface area contributed by atoms with Crippen molar-refractivity contribution in [2.75, 3.05) is 0 Å². The van der Waals surface area contributed by atoms with Crippen LogP contribution in [-0.4, -0.2) is 33.2 Å². The van der Waals surface area contributed by atoms with Crippen molar-refractivity contribution in [3.8, 4) is 0 Å². The third-order valence-electron chi connectivity index (χ3n) is 4.64. The monoisotopic (exact) mass is 264 g/mol. The first-order valence-corrected chi connectivity index (χ1v) is 7.12. The van der Waals surface area contributed by atoms with Crippen LogP contribution < -0.4 is 0 Å². The summed E-state index contributed by atoms with van der Waals surface area (Å²) in [4.78, 5) is 13.7. The van der Waals surface area contributed by atoms with Crippen LogP contribution >= 0.6 is 0 Å². The normalized spacial score (nSPS) is 31.9. The minimum atomic E-state index is -0.694. The topological polar surface area (TPSA) is 66.6 Å². The van der Waals surface area contributed by atoms with Crippen molar-refractivity contribution >= 4 is 5.97 Å². The van der Waals surface area contributed by atoms with Gasteiger partial charge in [-0.3, -0.25) is 9.69 Å². The van der Waals surface area contributed by atoms with Gasteiger partial charge in [-0.05, 0) is 31.6 Å². The van der Waals surface area contributed by atoms with E-state index in [0.717, 1.165) is 24.8 Å². The molecular weight excluding hydrogens is 244 g/mol. The smallest absolute Gasteiger partial charge is 0.320 e. The van der Waals surface area contributed by atoms with Crippen LogP contribution in [0, 0.1) is 5.92 Å². The summed E-state index contributed by atoms with van der Waals surface area (Å²) >= 11 is 0. The Balaban J connectivity index is 1.81. The number of carbonyl (C=O) groups is 1. The molecule has 0 bridgehead atoms. The van der Waals surface area contributed by atoms with Gasteiger partial charge in [0.25, 0.3) is 0 Å². The van der Waals surface area contributed by atoms with E-state index in [4.69, 9.17) is 4.52 Å². The van der Waals surface area contributed by atoms with Gasteiger partial charge in [0.05, 0.1) is 6.20 Å². The van der Waals surface area contributed by atoms with E-state index in [0.29, 0.717) is 18.5 Å². The zero-order valence-electron chi connectivity index (χ0n) is 11.0. The van der Waals surface area contributed by atoms with Crippen LogP contribution in [0.25, 0.3) is 0 Å². The van der Waals surface area contributed by atoms with E-state index >= 15 is 0 Å². The average molecular weight is 264 g/mol. The van der Waals surface area contributed by atoms with Crippen LogP contribution in [-0.2, 0) is 11.3 Å². The molecule has 104 valence electrons. The van der Waals surface area contributed by atoms with Crippen molar-refractivity contribution < 1.29 is 14.4 Å². The van der Waals surface area contributed by atoms with Crippen LogP contribution in [0.1, 0.15) is 44.1 Å². The number of aliphatic carboxylic acids is 1. The Morgan fingerprint density at radius 2 is 2.21 bits per heavy atom. The number of likely N-dealkylation sites (tertiary alicyclic amines) is 1. The van der Waals surface area contributed by atoms with Crippen molar-refractivity contribution in [3.63, 3.8) is 0 Å². The van der Waals surface area contributed by atoms with E-state index in [1.807, 2.05) is 0 Å². The number of hydrogen-bond acceptors (Lipinski definition) is 4. The third kappa shape index (κ3) is 2.52. The number of nitrogens with zero attached hydrogens (tertiary/aromatic N) is 2. The molecule has 2 heterocycles. The highest BCUT2D eigenvalue weighted by Crippen LogP contribution is 2.38. The molecule has 0 spiro atoms. The van der Waals surface area contributed by atoms with Gasteiger partial charge in [-0.2, -0.15) is 0 Å². The molecule has 1 saturated heterocycles. The summed E-state index contributed by atoms with van der Waals surface area (Å²) in [5, 5.41) is 13.2. The predicted molar refractivity (Wildman–Crippen MR) is 68.4 cm³/mol. The third-order valence-corrected chi connectivity index (χ3v) is 4.64. The Hall–Kier alpha value is -1.36. The number of carboxylic acids is 1. The maximum atomic E-state index is 11.5. The highest BCUT2D eigenvalue weighted by Gasteiger charge is 2.41. The fraction of sp³-hybridized carbons (Fsp3) is 0.714. The standard InChI is InChI=1S/C14H20N2O3/c17-14(18)13-6-5-11-3-1-2-4-12(11)16(13)8-10-7-15-19-9-10/h7,9,11-13H,1-6,8H2,(H,17,18). The van der Waals surface area contributed by atoms with Gasteiger partial charge in [0.15, 0.2) is 0 Å². The maximum Gasteiger partial charge on any atom is 0.320 e. The molecule has 1 aromatic rings. The molecule has 0 aromatic carbocycles. The summed E-state index contributed by atoms with van der Waals surface area (Å²) in [6.07, 6.45) is 10.0. The van der Waals surface area contributed by atoms with Crippen LogP contribution in [0.4, 0.5) is 0 Å². The summed E-state index contributed by atoms with van der Waals surface area (Å²) in [5.74, 6) is -0.0234. The molecule has 3 unspecified atom stereocenters. The maximum absolute atomic E-state index is 11.5. The van der Waals surface area contributed by atoms with E-state index in [1.54, 1.807) is 12.5 Å². The second kappa shape index (κ2) is 5.33. The molecular formula is C14H20N2O3. The van der Waals surface area contributed by atoms with Crippen molar-refractivity contribution in [1.29, 1.82) is 0 Å². The van der Waals surface area contributed by atoms with Crippen molar-refractivity contribution in [2.24, 2.45) is 5.92 Å². The summed E-state index contributed by atoms with van der Waals surface area (Å²) in [6, 6.07) is 0.0627. The van der Waals surface area contributed by atoms with E-state index in [-0.39, 0.29) is 6.04 Å². The number of carboxylic acid groups (broad SMARTS) is 1. The Bertz CT molecular complexity index is 432. The predicted octanol–water partition coefficient (Wildman–Crippen LogP) is 2.28. The van der Waals surface area contributed by atoms with Gasteiger partial charge >= 0.3 is 5.97 Å². The van der Waals surface area contributed by atoms with Gasteiger partial charge in [-0.1, -0.05) is 18.0 Å². The quantitative estimate of drug-likeness (QED) is 0.907. The molecule has 0 amide bonds. The highest BCUT2D eigenvalue weighted by atomic mass is 16.5. The second-order valence-electron chi connectivity index (χ2n) is 5.75. The minimum absolute atomic E-state index is 0.353. The van der Waals surface area contributed by atoms with Crippen molar-refractivity contribution in [3.05, 3.63) is 18.0 Å². The Morgan fingerprint density at radius 1 is 1.37 bits per heavy atom. The molecule has 0 radical (unpaired) electrons. The van der Waals surface area contributed by atoms with Gasteiger partial charge in [0.2, 0.25) is 0 Å². The van der Waals surface area contributed by atoms with E-state index in [1.165, 1.54) is 19.3 Å². The molecule has 1 saturated carbocycles. The average Bonchev–Trinajstić information content (AvgIpc) is 2.92. The molecule has 1 aliphatic heterocycles. The molecule has 2 aliphatic rings. The van der Waals surface area contributed by atoms with Gasteiger partial charge in [0.1, 0.15) is 12.3 Å². The molecule has 2 fully saturated rings. The van der Waals surface area contributed by atoms with Crippen LogP contribution in [0.3, 0.4) is 0 Å². The lowest BCUT2D eigenvalue weighted by Crippen LogP contribution is -2.54. The lowest BCUT2D eigenvalue weighted by molar-refractivity contribution is -0.148. The minimum Gasteiger partial charge on any atom is -0.480 e. The Kier molecular flexibility index (Phi) is 3.55. The lowest BCUT2D eigenvalue weighted by Gasteiger charge is -2.47. The number of aromatic nitrogens is 1. The van der Waals surface area contributed by atoms with Crippen LogP contribution in [0.15, 0.2) is 17.0 Å². The van der Waals surface area contributed by atoms with E-state index < -0.39 is 5.97 Å². The first-order valence-electron chi connectivity index (χ1n) is 7.12. The molecule has 1 N–H and O–H groups in total. The lowest BCUT2D eigenvalue weighted by atomic mass is 9.76. The fourth-order valence-corrected chi connectivity index (χ4v) is 3.74. The van der Waals surface area contributed by atoms with Gasteiger partial charge < -0.3 is 9.63 Å². The Morgan fingerprint density at radius 3 is 2.95 bits per heavy atom. The first-order chi connectivity index (χ1) is 9.25. The number of fused-ring (bicyclic) bond motifs is 1. The molecule has 1 aliphatic carbocycles. The van der Waals surface area contributed by atoms with E-state index in [2.05, 4.69) is 10.1 Å². The summed E-state index contributed by atoms with van der Waals surface area (Å²) in [6.45, 7) is 0.641. The first kappa shape index (κ1) is 12.7. The van der Waals surface area contributed by atoms with Gasteiger partial charge in [-0.25, -0.2) is 0 Å². The van der Waals surface area contributed by atoms with Crippen LogP contribution in [0.2, 0.25) is 0 Å². The van der Waals surface area contributed by atoms with Crippen molar-refractivity contribution in [1.82, 2.24) is 10.1 Å².